The van der Waals surface area contributed by atoms with Gasteiger partial charge in [0.05, 0.1) is 24.1 Å². The summed E-state index contributed by atoms with van der Waals surface area (Å²) in [4.78, 5) is 32.6. The Morgan fingerprint density at radius 3 is 2.13 bits per heavy atom. The number of methoxy groups -OCH3 is 1. The minimum Gasteiger partial charge on any atom is -0.465 e. The smallest absolute Gasteiger partial charge is 0.337 e. The molecular weight excluding hydrogens is 486 g/mol. The number of nitrogens with one attached hydrogen (secondary N) is 1. The minimum absolute atomic E-state index is 0.175. The largest absolute Gasteiger partial charge is 0.465 e. The van der Waals surface area contributed by atoms with Gasteiger partial charge in [0.15, 0.2) is 0 Å². The fourth-order valence-electron chi connectivity index (χ4n) is 4.88. The van der Waals surface area contributed by atoms with Gasteiger partial charge in [-0.3, -0.25) is 14.7 Å². The average Bonchev–Trinajstić information content (AvgIpc) is 3.31. The number of hydrogen-bond donors (Lipinski definition) is 1. The Balaban J connectivity index is 1.43. The molecule has 1 amide bonds. The molecule has 6 nitrogen and oxygen atoms in total. The number of hydrogen-bond acceptors (Lipinski definition) is 5. The van der Waals surface area contributed by atoms with E-state index in [4.69, 9.17) is 9.73 Å². The van der Waals surface area contributed by atoms with E-state index in [1.165, 1.54) is 18.2 Å². The van der Waals surface area contributed by atoms with Crippen LogP contribution in [0, 0.1) is 0 Å². The molecule has 1 aliphatic heterocycles. The second-order valence-corrected chi connectivity index (χ2v) is 9.53. The highest BCUT2D eigenvalue weighted by Crippen LogP contribution is 2.37. The van der Waals surface area contributed by atoms with E-state index >= 15 is 0 Å². The fraction of sp³-hybridized carbons (Fsp3) is 0.182. The minimum atomic E-state index is -0.602. The Kier molecular flexibility index (Phi) is 7.94. The van der Waals surface area contributed by atoms with E-state index in [1.807, 2.05) is 48.5 Å². The van der Waals surface area contributed by atoms with E-state index in [0.29, 0.717) is 17.0 Å². The Morgan fingerprint density at radius 2 is 1.49 bits per heavy atom. The van der Waals surface area contributed by atoms with Gasteiger partial charge in [-0.25, -0.2) is 4.79 Å². The van der Waals surface area contributed by atoms with Crippen LogP contribution in [0.1, 0.15) is 45.5 Å². The van der Waals surface area contributed by atoms with Gasteiger partial charge in [0.1, 0.15) is 5.92 Å². The van der Waals surface area contributed by atoms with Crippen molar-refractivity contribution >= 4 is 29.0 Å². The van der Waals surface area contributed by atoms with Crippen LogP contribution in [0.15, 0.2) is 108 Å². The zero-order chi connectivity index (χ0) is 27.2. The van der Waals surface area contributed by atoms with Gasteiger partial charge in [-0.1, -0.05) is 85.8 Å². The lowest BCUT2D eigenvalue weighted by molar-refractivity contribution is -0.115. The summed E-state index contributed by atoms with van der Waals surface area (Å²) in [5, 5.41) is 2.93. The van der Waals surface area contributed by atoms with Crippen molar-refractivity contribution < 1.29 is 14.3 Å². The number of amides is 1. The third-order valence-corrected chi connectivity index (χ3v) is 6.94. The third-order valence-electron chi connectivity index (χ3n) is 6.94. The molecule has 0 bridgehead atoms. The van der Waals surface area contributed by atoms with Crippen molar-refractivity contribution in [3.05, 3.63) is 131 Å². The lowest BCUT2D eigenvalue weighted by Crippen LogP contribution is -2.22. The number of fused-ring (bicyclic) bond motifs is 1. The summed E-state index contributed by atoms with van der Waals surface area (Å²) in [6.45, 7) is 4.85. The zero-order valence-electron chi connectivity index (χ0n) is 22.1. The number of carbonyl (C=O) groups excluding carboxylic acids is 2. The summed E-state index contributed by atoms with van der Waals surface area (Å²) < 4.78 is 4.84. The van der Waals surface area contributed by atoms with Crippen molar-refractivity contribution in [2.24, 2.45) is 4.99 Å². The number of rotatable bonds is 9. The van der Waals surface area contributed by atoms with Gasteiger partial charge in [0.25, 0.3) is 0 Å². The molecule has 0 fully saturated rings. The maximum Gasteiger partial charge on any atom is 0.337 e. The van der Waals surface area contributed by atoms with E-state index < -0.39 is 11.9 Å². The molecule has 0 saturated heterocycles. The summed E-state index contributed by atoms with van der Waals surface area (Å²) in [5.74, 6) is -1.22. The SMILES string of the molecule is CCN(Cc1ccccc1)Cc1ccc(N=C(c2ccccc2)C2C(=O)Nc3cc(C(=O)OC)ccc32)cc1. The van der Waals surface area contributed by atoms with E-state index in [-0.39, 0.29) is 5.91 Å². The molecule has 1 heterocycles. The van der Waals surface area contributed by atoms with Gasteiger partial charge >= 0.3 is 5.97 Å². The Labute approximate surface area is 229 Å². The molecule has 0 spiro atoms. The van der Waals surface area contributed by atoms with Gasteiger partial charge in [-0.05, 0) is 53.1 Å². The number of carbonyl (C=O) groups is 2. The first-order valence-electron chi connectivity index (χ1n) is 13.1. The molecule has 196 valence electrons. The van der Waals surface area contributed by atoms with Crippen LogP contribution in [-0.2, 0) is 22.6 Å². The summed E-state index contributed by atoms with van der Waals surface area (Å²) >= 11 is 0. The van der Waals surface area contributed by atoms with Crippen LogP contribution in [0.3, 0.4) is 0 Å². The molecule has 0 saturated carbocycles. The summed E-state index contributed by atoms with van der Waals surface area (Å²) in [6, 6.07) is 33.6. The second kappa shape index (κ2) is 11.9. The molecule has 1 aliphatic rings. The van der Waals surface area contributed by atoms with E-state index in [2.05, 4.69) is 53.5 Å². The molecule has 5 rings (SSSR count). The lowest BCUT2D eigenvalue weighted by atomic mass is 9.90. The van der Waals surface area contributed by atoms with Gasteiger partial charge < -0.3 is 10.1 Å². The van der Waals surface area contributed by atoms with Gasteiger partial charge in [-0.15, -0.1) is 0 Å². The molecule has 6 heteroatoms. The summed E-state index contributed by atoms with van der Waals surface area (Å²) in [6.07, 6.45) is 0. The number of aliphatic imine (C=N–C) groups is 1. The normalized spacial score (nSPS) is 14.7. The first-order chi connectivity index (χ1) is 19.1. The van der Waals surface area contributed by atoms with Crippen molar-refractivity contribution in [3.8, 4) is 0 Å². The number of ether oxygens (including phenoxy) is 1. The molecule has 4 aromatic carbocycles. The highest BCUT2D eigenvalue weighted by molar-refractivity contribution is 6.24. The molecule has 0 radical (unpaired) electrons. The first kappa shape index (κ1) is 26.1. The Morgan fingerprint density at radius 1 is 0.846 bits per heavy atom. The molecule has 4 aromatic rings. The molecule has 1 N–H and O–H groups in total. The van der Waals surface area contributed by atoms with Gasteiger partial charge in [-0.2, -0.15) is 0 Å². The molecule has 39 heavy (non-hydrogen) atoms. The Hall–Kier alpha value is -4.55. The van der Waals surface area contributed by atoms with Gasteiger partial charge in [0.2, 0.25) is 5.91 Å². The predicted octanol–water partition coefficient (Wildman–Crippen LogP) is 6.35. The number of nitrogens with zero attached hydrogens (tertiary/aromatic N) is 2. The van der Waals surface area contributed by atoms with Gasteiger partial charge in [0, 0.05) is 18.8 Å². The van der Waals surface area contributed by atoms with E-state index in [0.717, 1.165) is 36.4 Å². The monoisotopic (exact) mass is 517 g/mol. The highest BCUT2D eigenvalue weighted by Gasteiger charge is 2.36. The lowest BCUT2D eigenvalue weighted by Gasteiger charge is -2.20. The average molecular weight is 518 g/mol. The third kappa shape index (κ3) is 5.97. The Bertz CT molecular complexity index is 1480. The fourth-order valence-corrected chi connectivity index (χ4v) is 4.88. The van der Waals surface area contributed by atoms with Crippen LogP contribution in [0.2, 0.25) is 0 Å². The highest BCUT2D eigenvalue weighted by atomic mass is 16.5. The van der Waals surface area contributed by atoms with E-state index in [1.54, 1.807) is 18.2 Å². The topological polar surface area (TPSA) is 71.0 Å². The van der Waals surface area contributed by atoms with Crippen molar-refractivity contribution in [2.45, 2.75) is 25.9 Å². The van der Waals surface area contributed by atoms with Crippen molar-refractivity contribution in [3.63, 3.8) is 0 Å². The van der Waals surface area contributed by atoms with E-state index in [9.17, 15) is 9.59 Å². The van der Waals surface area contributed by atoms with Crippen molar-refractivity contribution in [2.75, 3.05) is 19.0 Å². The van der Waals surface area contributed by atoms with Crippen molar-refractivity contribution in [1.29, 1.82) is 0 Å². The quantitative estimate of drug-likeness (QED) is 0.207. The molecule has 0 aromatic heterocycles. The van der Waals surface area contributed by atoms with Crippen LogP contribution >= 0.6 is 0 Å². The van der Waals surface area contributed by atoms with Crippen LogP contribution in [0.4, 0.5) is 11.4 Å². The number of esters is 1. The predicted molar refractivity (Wildman–Crippen MR) is 154 cm³/mol. The summed E-state index contributed by atoms with van der Waals surface area (Å²) in [7, 11) is 1.34. The van der Waals surface area contributed by atoms with Crippen molar-refractivity contribution in [1.82, 2.24) is 4.90 Å². The standard InChI is InChI=1S/C33H31N3O3/c1-3-36(21-23-10-6-4-7-11-23)22-24-14-17-27(18-15-24)34-31(25-12-8-5-9-13-25)30-28-19-16-26(33(38)39-2)20-29(28)35-32(30)37/h4-20,30H,3,21-22H2,1-2H3,(H,35,37). The van der Waals surface area contributed by atoms with Crippen LogP contribution in [0.5, 0.6) is 0 Å². The van der Waals surface area contributed by atoms with Crippen LogP contribution in [-0.4, -0.2) is 36.1 Å². The maximum absolute atomic E-state index is 13.2. The molecular formula is C33H31N3O3. The molecule has 1 atom stereocenters. The summed E-state index contributed by atoms with van der Waals surface area (Å²) in [5.41, 5.74) is 6.57. The first-order valence-corrected chi connectivity index (χ1v) is 13.1. The van der Waals surface area contributed by atoms with Crippen LogP contribution in [0.25, 0.3) is 0 Å². The second-order valence-electron chi connectivity index (χ2n) is 9.53. The number of benzene rings is 4. The van der Waals surface area contributed by atoms with Crippen LogP contribution < -0.4 is 5.32 Å². The maximum atomic E-state index is 13.2. The molecule has 1 unspecified atom stereocenters. The zero-order valence-corrected chi connectivity index (χ0v) is 22.1. The molecule has 0 aliphatic carbocycles. The number of anilines is 1.